The van der Waals surface area contributed by atoms with Gasteiger partial charge in [0.2, 0.25) is 0 Å². The summed E-state index contributed by atoms with van der Waals surface area (Å²) < 4.78 is 11.2. The van der Waals surface area contributed by atoms with Crippen molar-refractivity contribution in [1.82, 2.24) is 0 Å². The number of nitrogens with zero attached hydrogens (tertiary/aromatic N) is 1. The Hall–Kier alpha value is -0.650. The molecule has 1 saturated heterocycles. The summed E-state index contributed by atoms with van der Waals surface area (Å²) in [5.41, 5.74) is 0. The highest BCUT2D eigenvalue weighted by atomic mass is 16.5. The molecule has 0 aromatic rings. The predicted molar refractivity (Wildman–Crippen MR) is 81.9 cm³/mol. The molecule has 0 N–H and O–H groups in total. The first kappa shape index (κ1) is 20.3. The van der Waals surface area contributed by atoms with Gasteiger partial charge in [0.15, 0.2) is 0 Å². The van der Waals surface area contributed by atoms with Gasteiger partial charge in [-0.25, -0.2) is 0 Å². The van der Waals surface area contributed by atoms with Gasteiger partial charge in [-0.2, -0.15) is 0 Å². The molecule has 21 heavy (non-hydrogen) atoms. The molecular formula is C16H33NO4. The van der Waals surface area contributed by atoms with Gasteiger partial charge in [0.1, 0.15) is 0 Å². The summed E-state index contributed by atoms with van der Waals surface area (Å²) in [6.07, 6.45) is 5.64. The van der Waals surface area contributed by atoms with Gasteiger partial charge < -0.3 is 23.9 Å². The Kier molecular flexibility index (Phi) is 12.6. The molecule has 1 aliphatic heterocycles. The minimum Gasteiger partial charge on any atom is -0.550 e. The average molecular weight is 303 g/mol. The molecular weight excluding hydrogens is 270 g/mol. The molecule has 1 aliphatic rings. The average Bonchev–Trinajstić information content (AvgIpc) is 2.88. The Bertz CT molecular complexity index is 253. The largest absolute Gasteiger partial charge is 0.550 e. The second-order valence-electron chi connectivity index (χ2n) is 5.78. The Morgan fingerprint density at radius 3 is 2.24 bits per heavy atom. The Labute approximate surface area is 129 Å². The summed E-state index contributed by atoms with van der Waals surface area (Å²) in [5, 5.41) is 9.87. The molecule has 0 aliphatic carbocycles. The number of rotatable bonds is 10. The van der Waals surface area contributed by atoms with Gasteiger partial charge in [-0.1, -0.05) is 13.3 Å². The maximum Gasteiger partial charge on any atom is 0.0786 e. The molecule has 1 rings (SSSR count). The van der Waals surface area contributed by atoms with Crippen molar-refractivity contribution in [3.05, 3.63) is 0 Å². The zero-order chi connectivity index (χ0) is 16.0. The zero-order valence-electron chi connectivity index (χ0n) is 14.1. The van der Waals surface area contributed by atoms with Gasteiger partial charge in [-0.3, -0.25) is 0 Å². The first-order valence-corrected chi connectivity index (χ1v) is 8.23. The standard InChI is InChI=1S/C9H20N.C7H14O4/c1-3-4-7-10(2)8-5-6-9-10;1-2-10-5-6-11-4-3-7(8)9/h3-9H2,1-2H3;2-6H2,1H3,(H,8,9)/q+1;/p-1. The Morgan fingerprint density at radius 1 is 1.10 bits per heavy atom. The van der Waals surface area contributed by atoms with E-state index in [-0.39, 0.29) is 13.0 Å². The van der Waals surface area contributed by atoms with E-state index in [0.717, 1.165) is 0 Å². The van der Waals surface area contributed by atoms with E-state index in [0.29, 0.717) is 19.8 Å². The Morgan fingerprint density at radius 2 is 1.71 bits per heavy atom. The van der Waals surface area contributed by atoms with Crippen LogP contribution in [0.1, 0.15) is 46.0 Å². The van der Waals surface area contributed by atoms with E-state index in [1.54, 1.807) is 0 Å². The maximum absolute atomic E-state index is 9.87. The van der Waals surface area contributed by atoms with Crippen LogP contribution in [-0.4, -0.2) is 63.6 Å². The van der Waals surface area contributed by atoms with Crippen LogP contribution in [0.4, 0.5) is 0 Å². The van der Waals surface area contributed by atoms with E-state index in [1.807, 2.05) is 6.92 Å². The van der Waals surface area contributed by atoms with Crippen molar-refractivity contribution in [3.8, 4) is 0 Å². The molecule has 0 atom stereocenters. The van der Waals surface area contributed by atoms with E-state index in [9.17, 15) is 9.90 Å². The van der Waals surface area contributed by atoms with Crippen LogP contribution < -0.4 is 5.11 Å². The molecule has 0 spiro atoms. The molecule has 0 saturated carbocycles. The maximum atomic E-state index is 9.87. The van der Waals surface area contributed by atoms with Crippen molar-refractivity contribution in [3.63, 3.8) is 0 Å². The monoisotopic (exact) mass is 303 g/mol. The summed E-state index contributed by atoms with van der Waals surface area (Å²) in [5.74, 6) is -1.08. The van der Waals surface area contributed by atoms with Gasteiger partial charge in [-0.05, 0) is 13.3 Å². The van der Waals surface area contributed by atoms with Crippen LogP contribution in [0.25, 0.3) is 0 Å². The molecule has 1 fully saturated rings. The van der Waals surface area contributed by atoms with Gasteiger partial charge >= 0.3 is 0 Å². The number of carbonyl (C=O) groups excluding carboxylic acids is 1. The molecule has 1 heterocycles. The van der Waals surface area contributed by atoms with Crippen LogP contribution in [0.5, 0.6) is 0 Å². The lowest BCUT2D eigenvalue weighted by Crippen LogP contribution is -2.41. The number of carboxylic acids is 1. The van der Waals surface area contributed by atoms with Gasteiger partial charge in [0.25, 0.3) is 0 Å². The van der Waals surface area contributed by atoms with Crippen molar-refractivity contribution >= 4 is 5.97 Å². The van der Waals surface area contributed by atoms with Crippen LogP contribution >= 0.6 is 0 Å². The number of carbonyl (C=O) groups is 1. The molecule has 5 heteroatoms. The lowest BCUT2D eigenvalue weighted by atomic mass is 10.3. The van der Waals surface area contributed by atoms with Crippen molar-refractivity contribution in [2.75, 3.05) is 53.1 Å². The SMILES string of the molecule is CCCC[N+]1(C)CCCC1.CCOCCOCCC(=O)[O-]. The van der Waals surface area contributed by atoms with Gasteiger partial charge in [-0.15, -0.1) is 0 Å². The van der Waals surface area contributed by atoms with Crippen molar-refractivity contribution < 1.29 is 23.9 Å². The summed E-state index contributed by atoms with van der Waals surface area (Å²) >= 11 is 0. The number of hydrogen-bond donors (Lipinski definition) is 0. The lowest BCUT2D eigenvalue weighted by Gasteiger charge is -2.28. The van der Waals surface area contributed by atoms with Crippen molar-refractivity contribution in [2.24, 2.45) is 0 Å². The third kappa shape index (κ3) is 12.8. The number of unbranched alkanes of at least 4 members (excludes halogenated alkanes) is 1. The first-order chi connectivity index (χ1) is 10.0. The molecule has 0 aromatic heterocycles. The summed E-state index contributed by atoms with van der Waals surface area (Å²) in [7, 11) is 2.41. The molecule has 126 valence electrons. The van der Waals surface area contributed by atoms with Gasteiger partial charge in [0.05, 0.1) is 46.5 Å². The topological polar surface area (TPSA) is 58.6 Å². The van der Waals surface area contributed by atoms with Crippen molar-refractivity contribution in [2.45, 2.75) is 46.0 Å². The highest BCUT2D eigenvalue weighted by Gasteiger charge is 2.25. The number of aliphatic carboxylic acids is 1. The van der Waals surface area contributed by atoms with E-state index >= 15 is 0 Å². The quantitative estimate of drug-likeness (QED) is 0.449. The molecule has 0 amide bonds. The second-order valence-corrected chi connectivity index (χ2v) is 5.78. The van der Waals surface area contributed by atoms with Crippen LogP contribution in [-0.2, 0) is 14.3 Å². The minimum absolute atomic E-state index is 0.0495. The van der Waals surface area contributed by atoms with Gasteiger partial charge in [0, 0.05) is 31.8 Å². The highest BCUT2D eigenvalue weighted by molar-refractivity contribution is 5.64. The highest BCUT2D eigenvalue weighted by Crippen LogP contribution is 2.16. The third-order valence-corrected chi connectivity index (χ3v) is 3.72. The summed E-state index contributed by atoms with van der Waals surface area (Å²) in [4.78, 5) is 9.87. The smallest absolute Gasteiger partial charge is 0.0786 e. The van der Waals surface area contributed by atoms with Crippen LogP contribution in [0.2, 0.25) is 0 Å². The first-order valence-electron chi connectivity index (χ1n) is 8.23. The fourth-order valence-corrected chi connectivity index (χ4v) is 2.38. The number of ether oxygens (including phenoxy) is 2. The summed E-state index contributed by atoms with van der Waals surface area (Å²) in [6, 6.07) is 0. The van der Waals surface area contributed by atoms with Crippen LogP contribution in [0.3, 0.4) is 0 Å². The van der Waals surface area contributed by atoms with Crippen LogP contribution in [0.15, 0.2) is 0 Å². The molecule has 0 bridgehead atoms. The van der Waals surface area contributed by atoms with E-state index in [2.05, 4.69) is 14.0 Å². The number of carboxylic acid groups (broad SMARTS) is 1. The number of hydrogen-bond acceptors (Lipinski definition) is 4. The number of quaternary nitrogens is 1. The fraction of sp³-hybridized carbons (Fsp3) is 0.938. The molecule has 5 nitrogen and oxygen atoms in total. The Balaban J connectivity index is 0.000000382. The molecule has 0 aromatic carbocycles. The van der Waals surface area contributed by atoms with E-state index in [1.165, 1.54) is 49.8 Å². The normalized spacial score (nSPS) is 16.3. The lowest BCUT2D eigenvalue weighted by molar-refractivity contribution is -0.897. The second kappa shape index (κ2) is 13.0. The summed E-state index contributed by atoms with van der Waals surface area (Å²) in [6.45, 7) is 10.3. The van der Waals surface area contributed by atoms with Crippen molar-refractivity contribution in [1.29, 1.82) is 0 Å². The number of likely N-dealkylation sites (tertiary alicyclic amines) is 1. The third-order valence-electron chi connectivity index (χ3n) is 3.72. The fourth-order valence-electron chi connectivity index (χ4n) is 2.38. The zero-order valence-corrected chi connectivity index (χ0v) is 14.1. The predicted octanol–water partition coefficient (Wildman–Crippen LogP) is 1.21. The van der Waals surface area contributed by atoms with Crippen LogP contribution in [0, 0.1) is 0 Å². The van der Waals surface area contributed by atoms with E-state index in [4.69, 9.17) is 9.47 Å². The molecule has 0 unspecified atom stereocenters. The minimum atomic E-state index is -1.08. The van der Waals surface area contributed by atoms with E-state index < -0.39 is 5.97 Å². The molecule has 0 radical (unpaired) electrons.